The van der Waals surface area contributed by atoms with Gasteiger partial charge in [-0.2, -0.15) is 0 Å². The van der Waals surface area contributed by atoms with Crippen LogP contribution in [0.15, 0.2) is 30.3 Å². The Balaban J connectivity index is 2.44. The molecule has 2 N–H and O–H groups in total. The predicted molar refractivity (Wildman–Crippen MR) is 49.8 cm³/mol. The zero-order chi connectivity index (χ0) is 10.4. The van der Waals surface area contributed by atoms with Crippen LogP contribution < -0.4 is 0 Å². The number of rotatable bonds is 4. The fraction of sp³-hybridized carbons (Fsp3) is 0.300. The van der Waals surface area contributed by atoms with E-state index < -0.39 is 18.7 Å². The molecule has 0 unspecified atom stereocenters. The molecule has 0 aliphatic rings. The zero-order valence-corrected chi connectivity index (χ0v) is 7.59. The van der Waals surface area contributed by atoms with Crippen LogP contribution in [0.5, 0.6) is 0 Å². The first-order chi connectivity index (χ1) is 6.74. The highest BCUT2D eigenvalue weighted by Gasteiger charge is 2.08. The summed E-state index contributed by atoms with van der Waals surface area (Å²) >= 11 is 0. The van der Waals surface area contributed by atoms with E-state index in [9.17, 15) is 4.79 Å². The van der Waals surface area contributed by atoms with Crippen molar-refractivity contribution < 1.29 is 19.7 Å². The minimum atomic E-state index is -1.01. The van der Waals surface area contributed by atoms with Crippen LogP contribution in [-0.4, -0.2) is 35.5 Å². The number of esters is 1. The van der Waals surface area contributed by atoms with Crippen molar-refractivity contribution in [2.24, 2.45) is 0 Å². The Kier molecular flexibility index (Phi) is 4.10. The molecule has 0 aromatic heterocycles. The van der Waals surface area contributed by atoms with E-state index in [4.69, 9.17) is 14.9 Å². The molecule has 76 valence electrons. The van der Waals surface area contributed by atoms with E-state index in [1.165, 1.54) is 0 Å². The molecule has 1 aromatic rings. The minimum Gasteiger partial charge on any atom is -0.459 e. The van der Waals surface area contributed by atoms with Crippen LogP contribution in [-0.2, 0) is 4.74 Å². The van der Waals surface area contributed by atoms with Crippen molar-refractivity contribution in [1.82, 2.24) is 0 Å². The summed E-state index contributed by atoms with van der Waals surface area (Å²) in [4.78, 5) is 11.3. The van der Waals surface area contributed by atoms with Crippen LogP contribution >= 0.6 is 0 Å². The predicted octanol–water partition coefficient (Wildman–Crippen LogP) is 0.197. The van der Waals surface area contributed by atoms with Gasteiger partial charge in [-0.3, -0.25) is 0 Å². The summed E-state index contributed by atoms with van der Waals surface area (Å²) in [5.41, 5.74) is 0.428. The number of carbonyl (C=O) groups is 1. The molecule has 0 saturated heterocycles. The summed E-state index contributed by atoms with van der Waals surface area (Å²) in [5.74, 6) is -0.502. The number of carbonyl (C=O) groups excluding carboxylic acids is 1. The highest BCUT2D eigenvalue weighted by Crippen LogP contribution is 2.01. The molecule has 4 nitrogen and oxygen atoms in total. The van der Waals surface area contributed by atoms with Gasteiger partial charge >= 0.3 is 5.97 Å². The third-order valence-electron chi connectivity index (χ3n) is 1.63. The van der Waals surface area contributed by atoms with Gasteiger partial charge in [0.05, 0.1) is 12.2 Å². The van der Waals surface area contributed by atoms with E-state index in [-0.39, 0.29) is 6.61 Å². The lowest BCUT2D eigenvalue weighted by Gasteiger charge is -2.07. The summed E-state index contributed by atoms with van der Waals surface area (Å²) in [7, 11) is 0. The summed E-state index contributed by atoms with van der Waals surface area (Å²) < 4.78 is 4.73. The average molecular weight is 196 g/mol. The number of ether oxygens (including phenoxy) is 1. The lowest BCUT2D eigenvalue weighted by Crippen LogP contribution is -2.21. The van der Waals surface area contributed by atoms with E-state index in [0.29, 0.717) is 5.56 Å². The van der Waals surface area contributed by atoms with Gasteiger partial charge in [0.2, 0.25) is 0 Å². The van der Waals surface area contributed by atoms with Crippen molar-refractivity contribution >= 4 is 5.97 Å². The molecule has 1 aromatic carbocycles. The lowest BCUT2D eigenvalue weighted by atomic mass is 10.2. The normalized spacial score (nSPS) is 12.1. The Bertz CT molecular complexity index is 283. The molecule has 0 saturated carbocycles. The second-order valence-corrected chi connectivity index (χ2v) is 2.80. The Morgan fingerprint density at radius 2 is 2.00 bits per heavy atom. The third kappa shape index (κ3) is 3.16. The SMILES string of the molecule is O=C(OC[C@@H](O)CO)c1ccccc1. The number of aliphatic hydroxyl groups is 2. The average Bonchev–Trinajstić information content (AvgIpc) is 2.26. The maximum Gasteiger partial charge on any atom is 0.338 e. The monoisotopic (exact) mass is 196 g/mol. The minimum absolute atomic E-state index is 0.190. The first kappa shape index (κ1) is 10.7. The largest absolute Gasteiger partial charge is 0.459 e. The first-order valence-corrected chi connectivity index (χ1v) is 4.25. The molecule has 0 heterocycles. The van der Waals surface area contributed by atoms with Crippen molar-refractivity contribution in [3.05, 3.63) is 35.9 Å². The van der Waals surface area contributed by atoms with Crippen LogP contribution in [0.4, 0.5) is 0 Å². The van der Waals surface area contributed by atoms with Gasteiger partial charge in [0.15, 0.2) is 0 Å². The fourth-order valence-electron chi connectivity index (χ4n) is 0.882. The van der Waals surface area contributed by atoms with Gasteiger partial charge < -0.3 is 14.9 Å². The quantitative estimate of drug-likeness (QED) is 0.675. The van der Waals surface area contributed by atoms with Gasteiger partial charge in [-0.25, -0.2) is 4.79 Å². The zero-order valence-electron chi connectivity index (χ0n) is 7.59. The van der Waals surface area contributed by atoms with Crippen LogP contribution in [0.25, 0.3) is 0 Å². The number of benzene rings is 1. The summed E-state index contributed by atoms with van der Waals surface area (Å²) in [5, 5.41) is 17.4. The molecule has 0 aliphatic carbocycles. The standard InChI is InChI=1S/C10H12O4/c11-6-9(12)7-14-10(13)8-4-2-1-3-5-8/h1-5,9,11-12H,6-7H2/t9-/m0/s1. The topological polar surface area (TPSA) is 66.8 Å². The molecule has 4 heteroatoms. The van der Waals surface area contributed by atoms with Gasteiger partial charge in [-0.15, -0.1) is 0 Å². The maximum absolute atomic E-state index is 11.3. The van der Waals surface area contributed by atoms with E-state index in [1.807, 2.05) is 0 Å². The van der Waals surface area contributed by atoms with Crippen LogP contribution in [0, 0.1) is 0 Å². The van der Waals surface area contributed by atoms with Crippen LogP contribution in [0.2, 0.25) is 0 Å². The lowest BCUT2D eigenvalue weighted by molar-refractivity contribution is 0.00933. The Hall–Kier alpha value is -1.39. The Morgan fingerprint density at radius 3 is 2.57 bits per heavy atom. The van der Waals surface area contributed by atoms with Gasteiger partial charge in [0, 0.05) is 0 Å². The molecule has 0 radical (unpaired) electrons. The van der Waals surface area contributed by atoms with Gasteiger partial charge in [-0.05, 0) is 12.1 Å². The van der Waals surface area contributed by atoms with Gasteiger partial charge in [0.1, 0.15) is 12.7 Å². The van der Waals surface area contributed by atoms with E-state index in [0.717, 1.165) is 0 Å². The molecule has 0 aliphatic heterocycles. The maximum atomic E-state index is 11.3. The van der Waals surface area contributed by atoms with Gasteiger partial charge in [-0.1, -0.05) is 18.2 Å². The molecule has 1 atom stereocenters. The smallest absolute Gasteiger partial charge is 0.338 e. The molecule has 0 amide bonds. The number of hydrogen-bond donors (Lipinski definition) is 2. The van der Waals surface area contributed by atoms with E-state index in [1.54, 1.807) is 30.3 Å². The summed E-state index contributed by atoms with van der Waals surface area (Å²) in [6.07, 6.45) is -1.01. The van der Waals surface area contributed by atoms with Crippen molar-refractivity contribution in [3.8, 4) is 0 Å². The highest BCUT2D eigenvalue weighted by atomic mass is 16.5. The summed E-state index contributed by atoms with van der Waals surface area (Å²) in [6.45, 7) is -0.605. The second-order valence-electron chi connectivity index (χ2n) is 2.80. The summed E-state index contributed by atoms with van der Waals surface area (Å²) in [6, 6.07) is 8.47. The highest BCUT2D eigenvalue weighted by molar-refractivity contribution is 5.89. The first-order valence-electron chi connectivity index (χ1n) is 4.25. The van der Waals surface area contributed by atoms with Gasteiger partial charge in [0.25, 0.3) is 0 Å². The Labute approximate surface area is 81.8 Å². The second kappa shape index (κ2) is 5.36. The molecular weight excluding hydrogens is 184 g/mol. The van der Waals surface area contributed by atoms with Crippen LogP contribution in [0.3, 0.4) is 0 Å². The van der Waals surface area contributed by atoms with Crippen LogP contribution in [0.1, 0.15) is 10.4 Å². The van der Waals surface area contributed by atoms with E-state index in [2.05, 4.69) is 0 Å². The molecule has 1 rings (SSSR count). The van der Waals surface area contributed by atoms with Crippen molar-refractivity contribution in [3.63, 3.8) is 0 Å². The van der Waals surface area contributed by atoms with Crippen molar-refractivity contribution in [2.75, 3.05) is 13.2 Å². The number of hydrogen-bond acceptors (Lipinski definition) is 4. The molecule has 0 spiro atoms. The molecule has 14 heavy (non-hydrogen) atoms. The van der Waals surface area contributed by atoms with Crippen molar-refractivity contribution in [1.29, 1.82) is 0 Å². The van der Waals surface area contributed by atoms with Crippen molar-refractivity contribution in [2.45, 2.75) is 6.10 Å². The molecular formula is C10H12O4. The molecule has 0 bridgehead atoms. The van der Waals surface area contributed by atoms with E-state index >= 15 is 0 Å². The third-order valence-corrected chi connectivity index (χ3v) is 1.63. The Morgan fingerprint density at radius 1 is 1.36 bits per heavy atom. The number of aliphatic hydroxyl groups excluding tert-OH is 2. The fourth-order valence-corrected chi connectivity index (χ4v) is 0.882. The molecule has 0 fully saturated rings.